The summed E-state index contributed by atoms with van der Waals surface area (Å²) in [4.78, 5) is 23.0. The fourth-order valence-electron chi connectivity index (χ4n) is 3.07. The van der Waals surface area contributed by atoms with Gasteiger partial charge in [0.1, 0.15) is 0 Å². The van der Waals surface area contributed by atoms with Gasteiger partial charge in [0.05, 0.1) is 5.92 Å². The van der Waals surface area contributed by atoms with E-state index in [9.17, 15) is 9.59 Å². The van der Waals surface area contributed by atoms with Crippen LogP contribution in [0.15, 0.2) is 18.2 Å². The molecule has 1 N–H and O–H groups in total. The van der Waals surface area contributed by atoms with E-state index in [-0.39, 0.29) is 23.7 Å². The normalized spacial score (nSPS) is 27.1. The quantitative estimate of drug-likeness (QED) is 0.745. The van der Waals surface area contributed by atoms with Crippen LogP contribution in [0.4, 0.5) is 0 Å². The molecule has 2 aliphatic rings. The summed E-state index contributed by atoms with van der Waals surface area (Å²) >= 11 is 0. The van der Waals surface area contributed by atoms with Gasteiger partial charge in [-0.15, -0.1) is 0 Å². The van der Waals surface area contributed by atoms with Crippen LogP contribution in [-0.4, -0.2) is 11.8 Å². The Hall–Kier alpha value is -1.64. The Balaban J connectivity index is 1.95. The number of carbonyl (C=O) groups excluding carboxylic acids is 2. The number of imide groups is 1. The van der Waals surface area contributed by atoms with Crippen molar-refractivity contribution in [1.29, 1.82) is 0 Å². The fraction of sp³-hybridized carbons (Fsp3) is 0.429. The van der Waals surface area contributed by atoms with E-state index in [4.69, 9.17) is 0 Å². The van der Waals surface area contributed by atoms with Gasteiger partial charge in [-0.1, -0.05) is 23.8 Å². The summed E-state index contributed by atoms with van der Waals surface area (Å²) in [5.74, 6) is -0.127. The number of rotatable bonds is 1. The highest BCUT2D eigenvalue weighted by atomic mass is 16.2. The first-order chi connectivity index (χ1) is 8.15. The lowest BCUT2D eigenvalue weighted by Crippen LogP contribution is -2.24. The van der Waals surface area contributed by atoms with Crippen molar-refractivity contribution >= 4 is 11.8 Å². The Labute approximate surface area is 100 Å². The molecule has 0 radical (unpaired) electrons. The van der Waals surface area contributed by atoms with Gasteiger partial charge in [0.15, 0.2) is 0 Å². The van der Waals surface area contributed by atoms with Crippen LogP contribution in [0.1, 0.15) is 35.4 Å². The van der Waals surface area contributed by atoms with Crippen LogP contribution in [0, 0.1) is 12.8 Å². The van der Waals surface area contributed by atoms with E-state index in [2.05, 4.69) is 30.4 Å². The first kappa shape index (κ1) is 10.5. The lowest BCUT2D eigenvalue weighted by molar-refractivity contribution is -0.126. The van der Waals surface area contributed by atoms with Crippen molar-refractivity contribution in [2.75, 3.05) is 0 Å². The summed E-state index contributed by atoms with van der Waals surface area (Å²) in [6, 6.07) is 6.43. The lowest BCUT2D eigenvalue weighted by atomic mass is 9.85. The molecule has 3 heteroatoms. The molecule has 0 aromatic heterocycles. The van der Waals surface area contributed by atoms with E-state index >= 15 is 0 Å². The molecule has 0 spiro atoms. The molecule has 2 amide bonds. The number of amides is 2. The highest BCUT2D eigenvalue weighted by Crippen LogP contribution is 2.41. The molecular weight excluding hydrogens is 214 g/mol. The Morgan fingerprint density at radius 1 is 1.24 bits per heavy atom. The minimum absolute atomic E-state index is 0.0886. The second-order valence-electron chi connectivity index (χ2n) is 5.07. The van der Waals surface area contributed by atoms with Crippen molar-refractivity contribution in [2.24, 2.45) is 5.92 Å². The van der Waals surface area contributed by atoms with Gasteiger partial charge in [0.2, 0.25) is 11.8 Å². The molecule has 0 bridgehead atoms. The van der Waals surface area contributed by atoms with E-state index in [0.29, 0.717) is 6.42 Å². The average molecular weight is 229 g/mol. The predicted molar refractivity (Wildman–Crippen MR) is 63.5 cm³/mol. The molecule has 3 nitrogen and oxygen atoms in total. The molecule has 3 rings (SSSR count). The smallest absolute Gasteiger partial charge is 0.230 e. The highest BCUT2D eigenvalue weighted by Gasteiger charge is 2.40. The van der Waals surface area contributed by atoms with Crippen LogP contribution in [0.5, 0.6) is 0 Å². The van der Waals surface area contributed by atoms with Crippen LogP contribution < -0.4 is 5.32 Å². The molecule has 1 aliphatic carbocycles. The number of nitrogens with one attached hydrogen (secondary N) is 1. The van der Waals surface area contributed by atoms with Gasteiger partial charge in [-0.25, -0.2) is 0 Å². The highest BCUT2D eigenvalue weighted by molar-refractivity contribution is 6.04. The molecule has 1 saturated heterocycles. The van der Waals surface area contributed by atoms with Crippen LogP contribution in [-0.2, 0) is 16.0 Å². The molecule has 1 heterocycles. The molecule has 2 unspecified atom stereocenters. The largest absolute Gasteiger partial charge is 0.296 e. The first-order valence-corrected chi connectivity index (χ1v) is 6.08. The molecule has 17 heavy (non-hydrogen) atoms. The minimum Gasteiger partial charge on any atom is -0.296 e. The number of benzene rings is 1. The summed E-state index contributed by atoms with van der Waals surface area (Å²) in [5.41, 5.74) is 3.84. The van der Waals surface area contributed by atoms with E-state index in [0.717, 1.165) is 12.8 Å². The third-order valence-corrected chi connectivity index (χ3v) is 3.92. The fourth-order valence-corrected chi connectivity index (χ4v) is 3.07. The second-order valence-corrected chi connectivity index (χ2v) is 5.07. The van der Waals surface area contributed by atoms with Gasteiger partial charge in [-0.2, -0.15) is 0 Å². The van der Waals surface area contributed by atoms with Crippen LogP contribution in [0.3, 0.4) is 0 Å². The van der Waals surface area contributed by atoms with E-state index < -0.39 is 0 Å². The van der Waals surface area contributed by atoms with Gasteiger partial charge >= 0.3 is 0 Å². The zero-order valence-electron chi connectivity index (χ0n) is 9.82. The van der Waals surface area contributed by atoms with Gasteiger partial charge in [-0.3, -0.25) is 14.9 Å². The molecular formula is C14H15NO2. The summed E-state index contributed by atoms with van der Waals surface area (Å²) < 4.78 is 0. The van der Waals surface area contributed by atoms with Crippen molar-refractivity contribution in [1.82, 2.24) is 5.32 Å². The molecule has 1 aromatic rings. The van der Waals surface area contributed by atoms with Crippen molar-refractivity contribution < 1.29 is 9.59 Å². The third-order valence-electron chi connectivity index (χ3n) is 3.92. The van der Waals surface area contributed by atoms with E-state index in [1.807, 2.05) is 0 Å². The van der Waals surface area contributed by atoms with Crippen molar-refractivity contribution in [3.8, 4) is 0 Å². The zero-order chi connectivity index (χ0) is 12.0. The number of hydrogen-bond donors (Lipinski definition) is 1. The number of fused-ring (bicyclic) bond motifs is 1. The lowest BCUT2D eigenvalue weighted by Gasteiger charge is -2.16. The average Bonchev–Trinajstić information content (AvgIpc) is 2.81. The van der Waals surface area contributed by atoms with Crippen LogP contribution in [0.2, 0.25) is 0 Å². The van der Waals surface area contributed by atoms with Gasteiger partial charge in [0.25, 0.3) is 0 Å². The Bertz CT molecular complexity index is 507. The van der Waals surface area contributed by atoms with Crippen LogP contribution in [0.25, 0.3) is 0 Å². The van der Waals surface area contributed by atoms with E-state index in [1.165, 1.54) is 16.7 Å². The van der Waals surface area contributed by atoms with Crippen molar-refractivity contribution in [2.45, 2.75) is 32.1 Å². The Kier molecular flexibility index (Phi) is 2.28. The number of hydrogen-bond acceptors (Lipinski definition) is 2. The summed E-state index contributed by atoms with van der Waals surface area (Å²) in [6.45, 7) is 2.07. The third kappa shape index (κ3) is 1.66. The molecule has 1 aromatic carbocycles. The maximum atomic E-state index is 11.7. The Morgan fingerprint density at radius 2 is 2.06 bits per heavy atom. The molecule has 88 valence electrons. The van der Waals surface area contributed by atoms with E-state index in [1.54, 1.807) is 0 Å². The maximum absolute atomic E-state index is 11.7. The second kappa shape index (κ2) is 3.69. The molecule has 0 saturated carbocycles. The summed E-state index contributed by atoms with van der Waals surface area (Å²) in [5, 5.41) is 2.41. The number of aryl methyl sites for hydroxylation is 2. The standard InChI is InChI=1S/C14H15NO2/c1-8-2-3-9-4-5-10(11(9)6-8)12-7-13(16)15-14(12)17/h2-3,6,10,12H,4-5,7H2,1H3,(H,15,16,17). The van der Waals surface area contributed by atoms with Crippen LogP contribution >= 0.6 is 0 Å². The molecule has 1 aliphatic heterocycles. The monoisotopic (exact) mass is 229 g/mol. The van der Waals surface area contributed by atoms with Crippen molar-refractivity contribution in [3.63, 3.8) is 0 Å². The maximum Gasteiger partial charge on any atom is 0.230 e. The predicted octanol–water partition coefficient (Wildman–Crippen LogP) is 1.69. The number of carbonyl (C=O) groups is 2. The Morgan fingerprint density at radius 3 is 2.76 bits per heavy atom. The SMILES string of the molecule is Cc1ccc2c(c1)C(C1CC(=O)NC1=O)CC2. The minimum atomic E-state index is -0.148. The summed E-state index contributed by atoms with van der Waals surface area (Å²) in [7, 11) is 0. The summed E-state index contributed by atoms with van der Waals surface area (Å²) in [6.07, 6.45) is 2.37. The first-order valence-electron chi connectivity index (χ1n) is 6.08. The van der Waals surface area contributed by atoms with Gasteiger partial charge < -0.3 is 0 Å². The zero-order valence-corrected chi connectivity index (χ0v) is 9.82. The molecule has 2 atom stereocenters. The molecule has 1 fully saturated rings. The van der Waals surface area contributed by atoms with Gasteiger partial charge in [-0.05, 0) is 36.8 Å². The topological polar surface area (TPSA) is 46.2 Å². The van der Waals surface area contributed by atoms with Crippen molar-refractivity contribution in [3.05, 3.63) is 34.9 Å². The van der Waals surface area contributed by atoms with Gasteiger partial charge in [0, 0.05) is 6.42 Å².